The zero-order valence-corrected chi connectivity index (χ0v) is 10.7. The predicted octanol–water partition coefficient (Wildman–Crippen LogP) is 2.40. The number of nitrogens with zero attached hydrogens (tertiary/aromatic N) is 1. The minimum atomic E-state index is 0.0306. The molecule has 3 rings (SSSR count). The van der Waals surface area contributed by atoms with Crippen LogP contribution >= 0.6 is 0 Å². The molecule has 1 aromatic carbocycles. The molecule has 1 fully saturated rings. The lowest BCUT2D eigenvalue weighted by molar-refractivity contribution is 0.0724. The maximum atomic E-state index is 12.5. The Morgan fingerprint density at radius 1 is 1.32 bits per heavy atom. The Labute approximate surface area is 112 Å². The average molecular weight is 255 g/mol. The molecule has 0 bridgehead atoms. The molecular weight excluding hydrogens is 238 g/mol. The van der Waals surface area contributed by atoms with Crippen LogP contribution in [-0.2, 0) is 6.54 Å². The van der Waals surface area contributed by atoms with Gasteiger partial charge in [0.2, 0.25) is 0 Å². The number of rotatable bonds is 4. The Morgan fingerprint density at radius 3 is 2.63 bits per heavy atom. The van der Waals surface area contributed by atoms with Crippen molar-refractivity contribution >= 4 is 11.6 Å². The van der Waals surface area contributed by atoms with Crippen LogP contribution in [0.15, 0.2) is 42.6 Å². The standard InChI is InChI=1S/C15H17N3O/c16-12-8-14(17-9-12)15(19)18(13-6-7-13)10-11-4-2-1-3-5-11/h1-5,8-9,13,17H,6-7,10,16H2. The highest BCUT2D eigenvalue weighted by atomic mass is 16.2. The summed E-state index contributed by atoms with van der Waals surface area (Å²) in [4.78, 5) is 17.4. The van der Waals surface area contributed by atoms with Gasteiger partial charge in [0.05, 0.1) is 0 Å². The van der Waals surface area contributed by atoms with E-state index >= 15 is 0 Å². The first-order chi connectivity index (χ1) is 9.24. The second-order valence-corrected chi connectivity index (χ2v) is 5.00. The maximum Gasteiger partial charge on any atom is 0.270 e. The number of nitrogens with one attached hydrogen (secondary N) is 1. The Morgan fingerprint density at radius 2 is 2.05 bits per heavy atom. The summed E-state index contributed by atoms with van der Waals surface area (Å²) in [5.74, 6) is 0.0306. The summed E-state index contributed by atoms with van der Waals surface area (Å²) in [5.41, 5.74) is 7.98. The van der Waals surface area contributed by atoms with Gasteiger partial charge in [-0.15, -0.1) is 0 Å². The largest absolute Gasteiger partial charge is 0.397 e. The molecule has 4 nitrogen and oxygen atoms in total. The number of aromatic amines is 1. The van der Waals surface area contributed by atoms with E-state index in [0.717, 1.165) is 18.4 Å². The Kier molecular flexibility index (Phi) is 2.99. The van der Waals surface area contributed by atoms with Gasteiger partial charge < -0.3 is 15.6 Å². The Balaban J connectivity index is 1.79. The molecule has 1 saturated carbocycles. The van der Waals surface area contributed by atoms with Crippen molar-refractivity contribution in [2.45, 2.75) is 25.4 Å². The van der Waals surface area contributed by atoms with Crippen LogP contribution in [-0.4, -0.2) is 21.8 Å². The summed E-state index contributed by atoms with van der Waals surface area (Å²) in [6.45, 7) is 0.656. The number of anilines is 1. The molecule has 1 aromatic heterocycles. The average Bonchev–Trinajstić information content (AvgIpc) is 3.18. The summed E-state index contributed by atoms with van der Waals surface area (Å²) in [7, 11) is 0. The molecule has 0 unspecified atom stereocenters. The van der Waals surface area contributed by atoms with Gasteiger partial charge in [-0.3, -0.25) is 4.79 Å². The van der Waals surface area contributed by atoms with Crippen LogP contribution in [0.25, 0.3) is 0 Å². The Bertz CT molecular complexity index is 572. The normalized spacial score (nSPS) is 14.3. The molecule has 98 valence electrons. The summed E-state index contributed by atoms with van der Waals surface area (Å²) in [6.07, 6.45) is 3.84. The maximum absolute atomic E-state index is 12.5. The third kappa shape index (κ3) is 2.62. The van der Waals surface area contributed by atoms with E-state index in [9.17, 15) is 4.79 Å². The highest BCUT2D eigenvalue weighted by Crippen LogP contribution is 2.29. The predicted molar refractivity (Wildman–Crippen MR) is 74.5 cm³/mol. The second-order valence-electron chi connectivity index (χ2n) is 5.00. The summed E-state index contributed by atoms with van der Waals surface area (Å²) in [5, 5.41) is 0. The monoisotopic (exact) mass is 255 g/mol. The molecule has 19 heavy (non-hydrogen) atoms. The van der Waals surface area contributed by atoms with Gasteiger partial charge in [-0.25, -0.2) is 0 Å². The molecule has 1 heterocycles. The van der Waals surface area contributed by atoms with Crippen molar-refractivity contribution in [3.63, 3.8) is 0 Å². The van der Waals surface area contributed by atoms with Gasteiger partial charge in [-0.1, -0.05) is 30.3 Å². The molecule has 2 aromatic rings. The number of carbonyl (C=O) groups is 1. The first kappa shape index (κ1) is 11.8. The molecule has 4 heteroatoms. The summed E-state index contributed by atoms with van der Waals surface area (Å²) in [6, 6.07) is 12.1. The lowest BCUT2D eigenvalue weighted by atomic mass is 10.2. The number of nitrogen functional groups attached to an aromatic ring is 1. The molecular formula is C15H17N3O. The zero-order chi connectivity index (χ0) is 13.2. The number of amides is 1. The molecule has 0 radical (unpaired) electrons. The van der Waals surface area contributed by atoms with Crippen molar-refractivity contribution in [1.82, 2.24) is 9.88 Å². The highest BCUT2D eigenvalue weighted by Gasteiger charge is 2.33. The lowest BCUT2D eigenvalue weighted by Gasteiger charge is -2.22. The number of H-pyrrole nitrogens is 1. The van der Waals surface area contributed by atoms with Crippen LogP contribution in [0, 0.1) is 0 Å². The number of nitrogens with two attached hydrogens (primary N) is 1. The Hall–Kier alpha value is -2.23. The van der Waals surface area contributed by atoms with Crippen LogP contribution in [0.4, 0.5) is 5.69 Å². The number of aromatic nitrogens is 1. The van der Waals surface area contributed by atoms with E-state index in [0.29, 0.717) is 24.0 Å². The van der Waals surface area contributed by atoms with Gasteiger partial charge >= 0.3 is 0 Å². The second kappa shape index (κ2) is 4.80. The van der Waals surface area contributed by atoms with Crippen molar-refractivity contribution < 1.29 is 4.79 Å². The molecule has 1 amide bonds. The molecule has 1 aliphatic carbocycles. The van der Waals surface area contributed by atoms with Gasteiger partial charge in [0.25, 0.3) is 5.91 Å². The number of benzene rings is 1. The molecule has 0 saturated heterocycles. The van der Waals surface area contributed by atoms with Crippen molar-refractivity contribution in [3.8, 4) is 0 Å². The van der Waals surface area contributed by atoms with Crippen LogP contribution in [0.1, 0.15) is 28.9 Å². The molecule has 0 atom stereocenters. The first-order valence-corrected chi connectivity index (χ1v) is 6.53. The SMILES string of the molecule is Nc1c[nH]c(C(=O)N(Cc2ccccc2)C2CC2)c1. The fraction of sp³-hybridized carbons (Fsp3) is 0.267. The molecule has 0 aliphatic heterocycles. The molecule has 1 aliphatic rings. The van der Waals surface area contributed by atoms with Gasteiger partial charge in [0.1, 0.15) is 5.69 Å². The van der Waals surface area contributed by atoms with Crippen molar-refractivity contribution in [3.05, 3.63) is 53.9 Å². The zero-order valence-electron chi connectivity index (χ0n) is 10.7. The summed E-state index contributed by atoms with van der Waals surface area (Å²) < 4.78 is 0. The van der Waals surface area contributed by atoms with Crippen molar-refractivity contribution in [2.75, 3.05) is 5.73 Å². The fourth-order valence-corrected chi connectivity index (χ4v) is 2.22. The van der Waals surface area contributed by atoms with E-state index < -0.39 is 0 Å². The third-order valence-electron chi connectivity index (χ3n) is 3.38. The minimum absolute atomic E-state index is 0.0306. The van der Waals surface area contributed by atoms with Crippen LogP contribution in [0.5, 0.6) is 0 Å². The van der Waals surface area contributed by atoms with E-state index in [1.54, 1.807) is 12.3 Å². The smallest absolute Gasteiger partial charge is 0.270 e. The quantitative estimate of drug-likeness (QED) is 0.881. The highest BCUT2D eigenvalue weighted by molar-refractivity contribution is 5.93. The van der Waals surface area contributed by atoms with Gasteiger partial charge in [0.15, 0.2) is 0 Å². The molecule has 0 spiro atoms. The van der Waals surface area contributed by atoms with E-state index in [2.05, 4.69) is 4.98 Å². The number of carbonyl (C=O) groups excluding carboxylic acids is 1. The van der Waals surface area contributed by atoms with E-state index in [4.69, 9.17) is 5.73 Å². The third-order valence-corrected chi connectivity index (χ3v) is 3.38. The molecule has 3 N–H and O–H groups in total. The van der Waals surface area contributed by atoms with Gasteiger partial charge in [-0.05, 0) is 24.5 Å². The topological polar surface area (TPSA) is 62.1 Å². The fourth-order valence-electron chi connectivity index (χ4n) is 2.22. The lowest BCUT2D eigenvalue weighted by Crippen LogP contribution is -2.32. The van der Waals surface area contributed by atoms with Crippen molar-refractivity contribution in [1.29, 1.82) is 0 Å². The van der Waals surface area contributed by atoms with Crippen LogP contribution in [0.2, 0.25) is 0 Å². The van der Waals surface area contributed by atoms with E-state index in [-0.39, 0.29) is 5.91 Å². The first-order valence-electron chi connectivity index (χ1n) is 6.53. The van der Waals surface area contributed by atoms with E-state index in [1.807, 2.05) is 35.2 Å². The number of hydrogen-bond donors (Lipinski definition) is 2. The van der Waals surface area contributed by atoms with Crippen LogP contribution in [0.3, 0.4) is 0 Å². The van der Waals surface area contributed by atoms with Gasteiger partial charge in [-0.2, -0.15) is 0 Å². The minimum Gasteiger partial charge on any atom is -0.397 e. The van der Waals surface area contributed by atoms with Crippen molar-refractivity contribution in [2.24, 2.45) is 0 Å². The summed E-state index contributed by atoms with van der Waals surface area (Å²) >= 11 is 0. The van der Waals surface area contributed by atoms with Crippen LogP contribution < -0.4 is 5.73 Å². The number of hydrogen-bond acceptors (Lipinski definition) is 2. The van der Waals surface area contributed by atoms with E-state index in [1.165, 1.54) is 0 Å². The van der Waals surface area contributed by atoms with Gasteiger partial charge in [0, 0.05) is 24.5 Å².